The normalized spacial score (nSPS) is 21.6. The monoisotopic (exact) mass is 525 g/mol. The van der Waals surface area contributed by atoms with Crippen molar-refractivity contribution in [1.82, 2.24) is 24.6 Å². The molecule has 5 atom stereocenters. The number of ether oxygens (including phenoxy) is 1. The molecule has 12 nitrogen and oxygen atoms in total. The third kappa shape index (κ3) is 5.49. The first-order valence-corrected chi connectivity index (χ1v) is 13.2. The largest absolute Gasteiger partial charge is 0.462 e. The average molecular weight is 526 g/mol. The Bertz CT molecular complexity index is 1390. The maximum atomic E-state index is 13.7. The molecule has 0 amide bonds. The summed E-state index contributed by atoms with van der Waals surface area (Å²) >= 11 is 0. The van der Waals surface area contributed by atoms with E-state index in [0.29, 0.717) is 16.7 Å². The first kappa shape index (κ1) is 26.3. The van der Waals surface area contributed by atoms with Crippen LogP contribution in [-0.4, -0.2) is 44.2 Å². The Labute approximate surface area is 214 Å². The van der Waals surface area contributed by atoms with Crippen molar-refractivity contribution in [2.75, 3.05) is 12.3 Å². The molecule has 3 N–H and O–H groups in total. The quantitative estimate of drug-likeness (QED) is 0.226. The number of anilines is 1. The summed E-state index contributed by atoms with van der Waals surface area (Å²) in [5.41, 5.74) is 7.46. The van der Waals surface area contributed by atoms with Crippen molar-refractivity contribution in [1.29, 1.82) is 5.26 Å². The van der Waals surface area contributed by atoms with Gasteiger partial charge in [0.05, 0.1) is 37.1 Å². The molecule has 1 fully saturated rings. The van der Waals surface area contributed by atoms with Crippen LogP contribution in [0.5, 0.6) is 5.75 Å². The van der Waals surface area contributed by atoms with Gasteiger partial charge in [-0.1, -0.05) is 24.8 Å². The second-order valence-electron chi connectivity index (χ2n) is 8.90. The van der Waals surface area contributed by atoms with E-state index < -0.39 is 37.6 Å². The number of nitrogens with two attached hydrogens (primary N) is 1. The van der Waals surface area contributed by atoms with Crippen molar-refractivity contribution in [3.8, 4) is 11.8 Å². The summed E-state index contributed by atoms with van der Waals surface area (Å²) in [4.78, 5) is 24.8. The number of nitriles is 1. The van der Waals surface area contributed by atoms with Crippen molar-refractivity contribution in [3.05, 3.63) is 55.1 Å². The molecule has 1 saturated carbocycles. The van der Waals surface area contributed by atoms with Crippen molar-refractivity contribution in [2.24, 2.45) is 11.8 Å². The van der Waals surface area contributed by atoms with E-state index in [1.54, 1.807) is 55.1 Å². The van der Waals surface area contributed by atoms with Crippen LogP contribution in [0.15, 0.2) is 55.1 Å². The molecule has 0 saturated heterocycles. The zero-order chi connectivity index (χ0) is 26.7. The van der Waals surface area contributed by atoms with Gasteiger partial charge in [-0.15, -0.1) is 0 Å². The van der Waals surface area contributed by atoms with Crippen molar-refractivity contribution in [3.63, 3.8) is 0 Å². The van der Waals surface area contributed by atoms with E-state index in [1.165, 1.54) is 13.3 Å². The molecule has 0 radical (unpaired) electrons. The molecule has 194 valence electrons. The first-order chi connectivity index (χ1) is 17.6. The summed E-state index contributed by atoms with van der Waals surface area (Å²) < 4.78 is 32.1. The van der Waals surface area contributed by atoms with Gasteiger partial charge < -0.3 is 19.6 Å². The molecule has 37 heavy (non-hydrogen) atoms. The van der Waals surface area contributed by atoms with Crippen molar-refractivity contribution < 1.29 is 23.1 Å². The average Bonchev–Trinajstić information content (AvgIpc) is 3.27. The number of carbonyl (C=O) groups is 1. The van der Waals surface area contributed by atoms with Crippen LogP contribution in [0.4, 0.5) is 5.82 Å². The van der Waals surface area contributed by atoms with Crippen LogP contribution in [0.2, 0.25) is 0 Å². The molecule has 2 heterocycles. The van der Waals surface area contributed by atoms with Gasteiger partial charge in [0.2, 0.25) is 0 Å². The van der Waals surface area contributed by atoms with Gasteiger partial charge in [0, 0.05) is 5.92 Å². The molecule has 3 aromatic rings. The second kappa shape index (κ2) is 10.7. The SMILES string of the molecule is C=C1[C@@H](n2cnc3c(N)ncnc32)C(C#N)[C@H]1COP(=O)(N[C@@H](C)C(=O)OC(C)C)Oc1ccccc1. The molecule has 13 heteroatoms. The highest BCUT2D eigenvalue weighted by Crippen LogP contribution is 2.52. The molecule has 2 aromatic heterocycles. The number of nitrogens with zero attached hydrogens (tertiary/aromatic N) is 5. The Morgan fingerprint density at radius 3 is 2.68 bits per heavy atom. The number of rotatable bonds is 10. The van der Waals surface area contributed by atoms with Crippen molar-refractivity contribution >= 4 is 30.7 Å². The standard InChI is InChI=1S/C24H28N7O5P/c1-14(2)35-24(32)16(4)30-37(33,36-17-8-6-5-7-9-17)34-11-19-15(3)21(18(19)10-25)31-13-29-20-22(26)27-12-28-23(20)31/h5-9,12-14,16,18-19,21H,3,11H2,1-2,4H3,(H,30,33)(H2,26,27,28)/t16-,18?,19-,21+,37?/m0/s1. The predicted molar refractivity (Wildman–Crippen MR) is 135 cm³/mol. The first-order valence-electron chi connectivity index (χ1n) is 11.6. The summed E-state index contributed by atoms with van der Waals surface area (Å²) in [5.74, 6) is -1.12. The highest BCUT2D eigenvalue weighted by molar-refractivity contribution is 7.52. The fourth-order valence-electron chi connectivity index (χ4n) is 4.09. The molecule has 1 aliphatic carbocycles. The lowest BCUT2D eigenvalue weighted by Crippen LogP contribution is -2.43. The minimum absolute atomic E-state index is 0.139. The van der Waals surface area contributed by atoms with Crippen LogP contribution in [-0.2, 0) is 18.6 Å². The topological polar surface area (TPSA) is 167 Å². The Hall–Kier alpha value is -3.78. The van der Waals surface area contributed by atoms with E-state index >= 15 is 0 Å². The van der Waals surface area contributed by atoms with E-state index in [1.807, 2.05) is 0 Å². The Balaban J connectivity index is 1.51. The van der Waals surface area contributed by atoms with Crippen LogP contribution in [0.3, 0.4) is 0 Å². The summed E-state index contributed by atoms with van der Waals surface area (Å²) in [6.45, 7) is 8.93. The van der Waals surface area contributed by atoms with Crippen LogP contribution < -0.4 is 15.3 Å². The number of imidazole rings is 1. The number of esters is 1. The van der Waals surface area contributed by atoms with Gasteiger partial charge in [0.15, 0.2) is 11.5 Å². The van der Waals surface area contributed by atoms with Crippen LogP contribution >= 0.6 is 7.75 Å². The molecule has 0 spiro atoms. The highest BCUT2D eigenvalue weighted by atomic mass is 31.2. The lowest BCUT2D eigenvalue weighted by molar-refractivity contribution is -0.149. The van der Waals surface area contributed by atoms with E-state index in [2.05, 4.69) is 32.7 Å². The Morgan fingerprint density at radius 2 is 2.00 bits per heavy atom. The molecule has 0 bridgehead atoms. The zero-order valence-corrected chi connectivity index (χ0v) is 21.5. The zero-order valence-electron chi connectivity index (χ0n) is 20.6. The molecule has 1 aliphatic rings. The number of carbonyl (C=O) groups excluding carboxylic acids is 1. The predicted octanol–water partition coefficient (Wildman–Crippen LogP) is 3.41. The fourth-order valence-corrected chi connectivity index (χ4v) is 5.61. The number of hydrogen-bond donors (Lipinski definition) is 2. The fraction of sp³-hybridized carbons (Fsp3) is 0.375. The van der Waals surface area contributed by atoms with Crippen LogP contribution in [0.1, 0.15) is 26.8 Å². The number of para-hydroxylation sites is 1. The number of aromatic nitrogens is 4. The minimum Gasteiger partial charge on any atom is -0.462 e. The molecule has 2 unspecified atom stereocenters. The molecule has 0 aliphatic heterocycles. The number of fused-ring (bicyclic) bond motifs is 1. The van der Waals surface area contributed by atoms with E-state index in [-0.39, 0.29) is 24.3 Å². The summed E-state index contributed by atoms with van der Waals surface area (Å²) in [7, 11) is -4.07. The molecular weight excluding hydrogens is 497 g/mol. The number of hydrogen-bond acceptors (Lipinski definition) is 10. The lowest BCUT2D eigenvalue weighted by atomic mass is 9.66. The Kier molecular flexibility index (Phi) is 7.59. The third-order valence-corrected chi connectivity index (χ3v) is 7.56. The molecular formula is C24H28N7O5P. The summed E-state index contributed by atoms with van der Waals surface area (Å²) in [6.07, 6.45) is 2.52. The van der Waals surface area contributed by atoms with E-state index in [0.717, 1.165) is 0 Å². The van der Waals surface area contributed by atoms with E-state index in [9.17, 15) is 14.6 Å². The van der Waals surface area contributed by atoms with Gasteiger partial charge in [-0.2, -0.15) is 10.3 Å². The smallest absolute Gasteiger partial charge is 0.459 e. The summed E-state index contributed by atoms with van der Waals surface area (Å²) in [5, 5.41) is 12.6. The highest BCUT2D eigenvalue weighted by Gasteiger charge is 2.48. The Morgan fingerprint density at radius 1 is 1.27 bits per heavy atom. The molecule has 4 rings (SSSR count). The van der Waals surface area contributed by atoms with E-state index in [4.69, 9.17) is 19.5 Å². The van der Waals surface area contributed by atoms with Crippen LogP contribution in [0.25, 0.3) is 11.2 Å². The van der Waals surface area contributed by atoms with Crippen molar-refractivity contribution in [2.45, 2.75) is 39.0 Å². The van der Waals surface area contributed by atoms with Gasteiger partial charge in [-0.3, -0.25) is 9.32 Å². The van der Waals surface area contributed by atoms with Gasteiger partial charge in [0.25, 0.3) is 0 Å². The number of nitrogen functional groups attached to an aromatic ring is 1. The van der Waals surface area contributed by atoms with Gasteiger partial charge in [-0.25, -0.2) is 19.5 Å². The minimum atomic E-state index is -4.07. The maximum Gasteiger partial charge on any atom is 0.459 e. The summed E-state index contributed by atoms with van der Waals surface area (Å²) in [6, 6.07) is 9.30. The van der Waals surface area contributed by atoms with Gasteiger partial charge >= 0.3 is 13.7 Å². The maximum absolute atomic E-state index is 13.7. The number of nitrogens with one attached hydrogen (secondary N) is 1. The third-order valence-electron chi connectivity index (χ3n) is 5.92. The number of benzene rings is 1. The molecule has 1 aromatic carbocycles. The lowest BCUT2D eigenvalue weighted by Gasteiger charge is -2.43. The van der Waals surface area contributed by atoms with Gasteiger partial charge in [0.1, 0.15) is 23.6 Å². The van der Waals surface area contributed by atoms with Crippen LogP contribution in [0, 0.1) is 23.2 Å². The van der Waals surface area contributed by atoms with Gasteiger partial charge in [-0.05, 0) is 38.5 Å². The second-order valence-corrected chi connectivity index (χ2v) is 10.6.